The number of amides is 1. The van der Waals surface area contributed by atoms with Crippen molar-refractivity contribution < 1.29 is 4.79 Å². The highest BCUT2D eigenvalue weighted by atomic mass is 16.2. The fourth-order valence-electron chi connectivity index (χ4n) is 2.89. The average molecular weight is 358 g/mol. The first-order valence-corrected chi connectivity index (χ1v) is 8.56. The third-order valence-electron chi connectivity index (χ3n) is 4.23. The number of guanidine groups is 1. The Balaban J connectivity index is 1.58. The van der Waals surface area contributed by atoms with E-state index in [1.54, 1.807) is 18.5 Å². The maximum atomic E-state index is 12.3. The van der Waals surface area contributed by atoms with Crippen molar-refractivity contribution >= 4 is 29.0 Å². The van der Waals surface area contributed by atoms with Crippen LogP contribution in [0.25, 0.3) is 17.1 Å². The van der Waals surface area contributed by atoms with Crippen LogP contribution in [0.4, 0.5) is 0 Å². The summed E-state index contributed by atoms with van der Waals surface area (Å²) in [5, 5.41) is 5.77. The average Bonchev–Trinajstić information content (AvgIpc) is 3.05. The van der Waals surface area contributed by atoms with Crippen molar-refractivity contribution in [1.29, 1.82) is 0 Å². The Hall–Kier alpha value is -3.58. The summed E-state index contributed by atoms with van der Waals surface area (Å²) < 4.78 is 0. The van der Waals surface area contributed by atoms with Crippen LogP contribution in [0, 0.1) is 0 Å². The molecule has 1 aliphatic rings. The van der Waals surface area contributed by atoms with Crippen LogP contribution < -0.4 is 16.4 Å². The van der Waals surface area contributed by atoms with E-state index in [-0.39, 0.29) is 11.9 Å². The zero-order valence-corrected chi connectivity index (χ0v) is 14.5. The monoisotopic (exact) mass is 358 g/mol. The second-order valence-corrected chi connectivity index (χ2v) is 6.08. The van der Waals surface area contributed by atoms with Crippen LogP contribution in [0.3, 0.4) is 0 Å². The van der Waals surface area contributed by atoms with Crippen molar-refractivity contribution in [1.82, 2.24) is 20.6 Å². The molecule has 0 aliphatic carbocycles. The van der Waals surface area contributed by atoms with E-state index in [1.807, 2.05) is 48.5 Å². The van der Waals surface area contributed by atoms with E-state index in [2.05, 4.69) is 25.6 Å². The summed E-state index contributed by atoms with van der Waals surface area (Å²) in [5.41, 5.74) is 9.69. The predicted molar refractivity (Wildman–Crippen MR) is 104 cm³/mol. The quantitative estimate of drug-likeness (QED) is 0.616. The van der Waals surface area contributed by atoms with E-state index in [0.29, 0.717) is 18.2 Å². The lowest BCUT2D eigenvalue weighted by atomic mass is 10.1. The van der Waals surface area contributed by atoms with Crippen molar-refractivity contribution in [3.05, 3.63) is 77.7 Å². The first kappa shape index (κ1) is 16.9. The molecule has 1 aliphatic heterocycles. The molecule has 0 unspecified atom stereocenters. The van der Waals surface area contributed by atoms with Gasteiger partial charge in [0.25, 0.3) is 5.91 Å². The number of nitrogens with one attached hydrogen (secondary N) is 2. The fraction of sp³-hybridized carbons (Fsp3) is 0.100. The van der Waals surface area contributed by atoms with E-state index in [4.69, 9.17) is 5.73 Å². The zero-order valence-electron chi connectivity index (χ0n) is 14.5. The Bertz CT molecular complexity index is 1040. The lowest BCUT2D eigenvalue weighted by Gasteiger charge is -2.11. The summed E-state index contributed by atoms with van der Waals surface area (Å²) in [6.45, 7) is 0.341. The molecule has 1 saturated heterocycles. The van der Waals surface area contributed by atoms with Gasteiger partial charge in [-0.3, -0.25) is 20.1 Å². The molecule has 3 aromatic rings. The molecule has 134 valence electrons. The van der Waals surface area contributed by atoms with Gasteiger partial charge in [0.15, 0.2) is 0 Å². The largest absolute Gasteiger partial charge is 0.328 e. The second-order valence-electron chi connectivity index (χ2n) is 6.08. The van der Waals surface area contributed by atoms with Crippen LogP contribution in [0.1, 0.15) is 17.2 Å². The molecule has 0 radical (unpaired) electrons. The number of hydrogen-bond donors (Lipinski definition) is 3. The third-order valence-corrected chi connectivity index (χ3v) is 4.23. The van der Waals surface area contributed by atoms with E-state index in [1.165, 1.54) is 0 Å². The zero-order chi connectivity index (χ0) is 18.6. The summed E-state index contributed by atoms with van der Waals surface area (Å²) in [6.07, 6.45) is 5.04. The third kappa shape index (κ3) is 3.68. The van der Waals surface area contributed by atoms with Gasteiger partial charge in [-0.2, -0.15) is 0 Å². The molecule has 27 heavy (non-hydrogen) atoms. The first-order valence-electron chi connectivity index (χ1n) is 8.56. The molecule has 1 amide bonds. The number of aromatic nitrogens is 2. The lowest BCUT2D eigenvalue weighted by molar-refractivity contribution is -0.115. The number of aliphatic imine (C=N–C) groups is 1. The smallest absolute Gasteiger partial charge is 0.274 e. The number of nitrogens with zero attached hydrogens (tertiary/aromatic N) is 3. The molecule has 4 rings (SSSR count). The minimum absolute atomic E-state index is 0.232. The summed E-state index contributed by atoms with van der Waals surface area (Å²) >= 11 is 0. The molecule has 7 heteroatoms. The van der Waals surface area contributed by atoms with Gasteiger partial charge in [-0.15, -0.1) is 0 Å². The standard InChI is InChI=1S/C20H18N6O/c21-12-18(14-4-2-1-3-5-14)25-20-24-17(19(27)26-20)11-13-6-7-15-16(10-13)23-9-8-22-15/h1-11,18H,12,21H2,(H2,24,25,26,27)/b17-11-/t18-/m1/s1. The molecule has 1 atom stereocenters. The molecule has 0 bridgehead atoms. The summed E-state index contributed by atoms with van der Waals surface area (Å²) in [6, 6.07) is 15.2. The van der Waals surface area contributed by atoms with E-state index < -0.39 is 0 Å². The number of carbonyl (C=O) groups excluding carboxylic acids is 1. The number of nitrogens with two attached hydrogens (primary N) is 1. The van der Waals surface area contributed by atoms with Crippen molar-refractivity contribution in [2.45, 2.75) is 6.04 Å². The van der Waals surface area contributed by atoms with Crippen molar-refractivity contribution in [2.75, 3.05) is 6.54 Å². The molecular weight excluding hydrogens is 340 g/mol. The van der Waals surface area contributed by atoms with Crippen LogP contribution in [-0.2, 0) is 4.79 Å². The molecule has 0 saturated carbocycles. The summed E-state index contributed by atoms with van der Waals surface area (Å²) in [4.78, 5) is 25.3. The molecular formula is C20H18N6O. The molecule has 4 N–H and O–H groups in total. The Morgan fingerprint density at radius 1 is 1.04 bits per heavy atom. The fourth-order valence-corrected chi connectivity index (χ4v) is 2.89. The Labute approximate surface area is 156 Å². The molecule has 7 nitrogen and oxygen atoms in total. The number of hydrogen-bond acceptors (Lipinski definition) is 5. The Morgan fingerprint density at radius 3 is 2.59 bits per heavy atom. The highest BCUT2D eigenvalue weighted by Gasteiger charge is 2.23. The van der Waals surface area contributed by atoms with Gasteiger partial charge in [0, 0.05) is 18.9 Å². The van der Waals surface area contributed by atoms with Crippen LogP contribution in [0.5, 0.6) is 0 Å². The van der Waals surface area contributed by atoms with Crippen LogP contribution >= 0.6 is 0 Å². The SMILES string of the molecule is NC[C@@H](N=C1NC(=O)/C(=C/c2ccc3nccnc3c2)N1)c1ccccc1. The maximum Gasteiger partial charge on any atom is 0.274 e. The summed E-state index contributed by atoms with van der Waals surface area (Å²) in [5.74, 6) is 0.156. The minimum Gasteiger partial charge on any atom is -0.328 e. The van der Waals surface area contributed by atoms with E-state index >= 15 is 0 Å². The van der Waals surface area contributed by atoms with Gasteiger partial charge in [-0.05, 0) is 29.3 Å². The first-order chi connectivity index (χ1) is 13.2. The van der Waals surface area contributed by atoms with Crippen molar-refractivity contribution in [3.63, 3.8) is 0 Å². The predicted octanol–water partition coefficient (Wildman–Crippen LogP) is 1.75. The van der Waals surface area contributed by atoms with Gasteiger partial charge in [0.2, 0.25) is 5.96 Å². The van der Waals surface area contributed by atoms with Gasteiger partial charge in [-0.1, -0.05) is 36.4 Å². The maximum absolute atomic E-state index is 12.3. The number of rotatable bonds is 4. The van der Waals surface area contributed by atoms with Crippen LogP contribution in [-0.4, -0.2) is 28.4 Å². The van der Waals surface area contributed by atoms with Gasteiger partial charge >= 0.3 is 0 Å². The topological polar surface area (TPSA) is 105 Å². The van der Waals surface area contributed by atoms with E-state index in [9.17, 15) is 4.79 Å². The molecule has 1 aromatic heterocycles. The van der Waals surface area contributed by atoms with Gasteiger partial charge in [0.05, 0.1) is 17.1 Å². The normalized spacial score (nSPS) is 17.9. The number of fused-ring (bicyclic) bond motifs is 1. The molecule has 2 heterocycles. The van der Waals surface area contributed by atoms with Crippen LogP contribution in [0.15, 0.2) is 71.6 Å². The Morgan fingerprint density at radius 2 is 1.81 bits per heavy atom. The van der Waals surface area contributed by atoms with Gasteiger partial charge in [0.1, 0.15) is 5.70 Å². The minimum atomic E-state index is -0.239. The van der Waals surface area contributed by atoms with Crippen molar-refractivity contribution in [2.24, 2.45) is 10.7 Å². The van der Waals surface area contributed by atoms with E-state index in [0.717, 1.165) is 22.2 Å². The highest BCUT2D eigenvalue weighted by molar-refractivity contribution is 6.15. The highest BCUT2D eigenvalue weighted by Crippen LogP contribution is 2.17. The van der Waals surface area contributed by atoms with Crippen LogP contribution in [0.2, 0.25) is 0 Å². The van der Waals surface area contributed by atoms with Gasteiger partial charge in [-0.25, -0.2) is 4.99 Å². The number of carbonyl (C=O) groups is 1. The van der Waals surface area contributed by atoms with Gasteiger partial charge < -0.3 is 11.1 Å². The summed E-state index contributed by atoms with van der Waals surface area (Å²) in [7, 11) is 0. The second kappa shape index (κ2) is 7.35. The molecule has 2 aromatic carbocycles. The number of benzene rings is 2. The molecule has 0 spiro atoms. The van der Waals surface area contributed by atoms with Crippen molar-refractivity contribution in [3.8, 4) is 0 Å². The lowest BCUT2D eigenvalue weighted by Crippen LogP contribution is -2.27. The molecule has 1 fully saturated rings. The Kier molecular flexibility index (Phi) is 4.59.